The molecule has 4 rings (SSSR count). The number of hydrogen-bond acceptors (Lipinski definition) is 2. The quantitative estimate of drug-likeness (QED) is 0.714. The number of hydrogen-bond donors (Lipinski definition) is 3. The van der Waals surface area contributed by atoms with E-state index in [4.69, 9.17) is 5.11 Å². The topological polar surface area (TPSA) is 78.4 Å². The molecule has 0 radical (unpaired) electrons. The molecule has 5 atom stereocenters. The maximum Gasteiger partial charge on any atom is 0.315 e. The van der Waals surface area contributed by atoms with Gasteiger partial charge in [-0.2, -0.15) is 0 Å². The molecule has 2 bridgehead atoms. The van der Waals surface area contributed by atoms with Gasteiger partial charge < -0.3 is 15.7 Å². The number of urea groups is 1. The minimum absolute atomic E-state index is 0.0425. The van der Waals surface area contributed by atoms with Crippen molar-refractivity contribution in [1.29, 1.82) is 0 Å². The molecule has 2 amide bonds. The van der Waals surface area contributed by atoms with E-state index >= 15 is 0 Å². The number of nitrogens with one attached hydrogen (secondary N) is 2. The molecule has 0 aromatic rings. The van der Waals surface area contributed by atoms with Crippen LogP contribution < -0.4 is 10.6 Å². The highest BCUT2D eigenvalue weighted by atomic mass is 16.4. The van der Waals surface area contributed by atoms with E-state index in [0.29, 0.717) is 12.0 Å². The SMILES string of the molecule is O=C(O)CC(NC(=O)NC1C2C3CCC(C3)C12)C1CC1. The first-order valence-electron chi connectivity index (χ1n) is 7.92. The van der Waals surface area contributed by atoms with Crippen molar-refractivity contribution in [3.05, 3.63) is 0 Å². The van der Waals surface area contributed by atoms with Crippen molar-refractivity contribution in [3.8, 4) is 0 Å². The number of carbonyl (C=O) groups is 2. The number of fused-ring (bicyclic) bond motifs is 5. The molecule has 0 aromatic carbocycles. The molecule has 4 fully saturated rings. The number of carboxylic acid groups (broad SMARTS) is 1. The summed E-state index contributed by atoms with van der Waals surface area (Å²) in [6.45, 7) is 0. The molecule has 4 aliphatic carbocycles. The van der Waals surface area contributed by atoms with E-state index < -0.39 is 5.97 Å². The summed E-state index contributed by atoms with van der Waals surface area (Å²) >= 11 is 0. The fourth-order valence-electron chi connectivity index (χ4n) is 4.90. The fraction of sp³-hybridized carbons (Fsp3) is 0.867. The molecule has 3 N–H and O–H groups in total. The number of carboxylic acids is 1. The fourth-order valence-corrected chi connectivity index (χ4v) is 4.90. The molecule has 110 valence electrons. The van der Waals surface area contributed by atoms with Gasteiger partial charge in [-0.3, -0.25) is 4.79 Å². The minimum Gasteiger partial charge on any atom is -0.481 e. The van der Waals surface area contributed by atoms with Crippen molar-refractivity contribution < 1.29 is 14.7 Å². The van der Waals surface area contributed by atoms with Gasteiger partial charge in [-0.15, -0.1) is 0 Å². The Hall–Kier alpha value is -1.26. The predicted molar refractivity (Wildman–Crippen MR) is 72.0 cm³/mol. The second-order valence-electron chi connectivity index (χ2n) is 7.17. The highest BCUT2D eigenvalue weighted by Crippen LogP contribution is 2.65. The van der Waals surface area contributed by atoms with Crippen LogP contribution in [0, 0.1) is 29.6 Å². The summed E-state index contributed by atoms with van der Waals surface area (Å²) in [5, 5.41) is 14.9. The Labute approximate surface area is 118 Å². The van der Waals surface area contributed by atoms with E-state index in [-0.39, 0.29) is 18.5 Å². The van der Waals surface area contributed by atoms with Crippen LogP contribution in [0.1, 0.15) is 38.5 Å². The zero-order valence-corrected chi connectivity index (χ0v) is 11.5. The lowest BCUT2D eigenvalue weighted by molar-refractivity contribution is -0.137. The van der Waals surface area contributed by atoms with Crippen molar-refractivity contribution in [1.82, 2.24) is 10.6 Å². The van der Waals surface area contributed by atoms with E-state index in [0.717, 1.165) is 36.5 Å². The monoisotopic (exact) mass is 278 g/mol. The van der Waals surface area contributed by atoms with Crippen molar-refractivity contribution >= 4 is 12.0 Å². The largest absolute Gasteiger partial charge is 0.481 e. The van der Waals surface area contributed by atoms with Crippen LogP contribution in [0.3, 0.4) is 0 Å². The molecule has 5 heteroatoms. The van der Waals surface area contributed by atoms with Crippen LogP contribution in [0.2, 0.25) is 0 Å². The summed E-state index contributed by atoms with van der Waals surface area (Å²) in [6, 6.07) is 0.0238. The Morgan fingerprint density at radius 2 is 1.75 bits per heavy atom. The van der Waals surface area contributed by atoms with Gasteiger partial charge in [0.25, 0.3) is 0 Å². The summed E-state index contributed by atoms with van der Waals surface area (Å²) in [4.78, 5) is 22.9. The first-order valence-corrected chi connectivity index (χ1v) is 7.92. The molecule has 0 aliphatic heterocycles. The summed E-state index contributed by atoms with van der Waals surface area (Å²) in [5.74, 6) is 2.66. The molecule has 20 heavy (non-hydrogen) atoms. The highest BCUT2D eigenvalue weighted by Gasteiger charge is 2.65. The van der Waals surface area contributed by atoms with Crippen molar-refractivity contribution in [2.24, 2.45) is 29.6 Å². The molecule has 5 nitrogen and oxygen atoms in total. The molecular weight excluding hydrogens is 256 g/mol. The van der Waals surface area contributed by atoms with Gasteiger partial charge in [0.2, 0.25) is 0 Å². The zero-order chi connectivity index (χ0) is 13.9. The molecule has 0 heterocycles. The first kappa shape index (κ1) is 12.5. The van der Waals surface area contributed by atoms with Gasteiger partial charge >= 0.3 is 12.0 Å². The third kappa shape index (κ3) is 2.07. The summed E-state index contributed by atoms with van der Waals surface area (Å²) in [6.07, 6.45) is 6.18. The highest BCUT2D eigenvalue weighted by molar-refractivity contribution is 5.76. The van der Waals surface area contributed by atoms with Crippen LogP contribution in [0.5, 0.6) is 0 Å². The van der Waals surface area contributed by atoms with Crippen molar-refractivity contribution in [2.45, 2.75) is 50.6 Å². The van der Waals surface area contributed by atoms with Gasteiger partial charge in [0, 0.05) is 12.1 Å². The lowest BCUT2D eigenvalue weighted by Gasteiger charge is -2.18. The number of rotatable bonds is 5. The molecular formula is C15H22N2O3. The van der Waals surface area contributed by atoms with Crippen molar-refractivity contribution in [2.75, 3.05) is 0 Å². The minimum atomic E-state index is -0.830. The first-order chi connectivity index (χ1) is 9.63. The Kier molecular flexibility index (Phi) is 2.72. The predicted octanol–water partition coefficient (Wildman–Crippen LogP) is 1.58. The van der Waals surface area contributed by atoms with Crippen molar-refractivity contribution in [3.63, 3.8) is 0 Å². The van der Waals surface area contributed by atoms with Crippen LogP contribution in [-0.2, 0) is 4.79 Å². The third-order valence-corrected chi connectivity index (χ3v) is 5.94. The maximum atomic E-state index is 12.1. The van der Waals surface area contributed by atoms with Gasteiger partial charge in [0.05, 0.1) is 6.42 Å². The molecule has 0 saturated heterocycles. The second-order valence-corrected chi connectivity index (χ2v) is 7.17. The van der Waals surface area contributed by atoms with E-state index in [9.17, 15) is 9.59 Å². The van der Waals surface area contributed by atoms with Gasteiger partial charge in [-0.05, 0) is 61.7 Å². The third-order valence-electron chi connectivity index (χ3n) is 5.94. The molecule has 4 saturated carbocycles. The lowest BCUT2D eigenvalue weighted by atomic mass is 10.0. The molecule has 0 aromatic heterocycles. The Balaban J connectivity index is 1.29. The number of carbonyl (C=O) groups excluding carboxylic acids is 1. The standard InChI is InChI=1S/C15H22N2O3/c18-11(19)6-10(7-1-2-7)16-15(20)17-14-12-8-3-4-9(5-8)13(12)14/h7-10,12-14H,1-6H2,(H,18,19)(H2,16,17,20). The van der Waals surface area contributed by atoms with Crippen LogP contribution in [0.25, 0.3) is 0 Å². The van der Waals surface area contributed by atoms with Crippen LogP contribution in [-0.4, -0.2) is 29.2 Å². The normalized spacial score (nSPS) is 41.9. The maximum absolute atomic E-state index is 12.1. The number of amides is 2. The summed E-state index contributed by atoms with van der Waals surface area (Å²) in [7, 11) is 0. The molecule has 5 unspecified atom stereocenters. The molecule has 0 spiro atoms. The van der Waals surface area contributed by atoms with Crippen LogP contribution >= 0.6 is 0 Å². The Morgan fingerprint density at radius 1 is 1.10 bits per heavy atom. The van der Waals surface area contributed by atoms with Gasteiger partial charge in [0.1, 0.15) is 0 Å². The molecule has 4 aliphatic rings. The van der Waals surface area contributed by atoms with Gasteiger partial charge in [-0.25, -0.2) is 4.79 Å². The smallest absolute Gasteiger partial charge is 0.315 e. The second kappa shape index (κ2) is 4.37. The summed E-state index contributed by atoms with van der Waals surface area (Å²) in [5.41, 5.74) is 0. The van der Waals surface area contributed by atoms with Crippen LogP contribution in [0.15, 0.2) is 0 Å². The average Bonchev–Trinajstić information content (AvgIpc) is 3.27. The zero-order valence-electron chi connectivity index (χ0n) is 11.5. The van der Waals surface area contributed by atoms with E-state index in [1.165, 1.54) is 19.3 Å². The van der Waals surface area contributed by atoms with E-state index in [1.807, 2.05) is 0 Å². The van der Waals surface area contributed by atoms with E-state index in [1.54, 1.807) is 0 Å². The number of aliphatic carboxylic acids is 1. The van der Waals surface area contributed by atoms with E-state index in [2.05, 4.69) is 10.6 Å². The lowest BCUT2D eigenvalue weighted by Crippen LogP contribution is -2.45. The Morgan fingerprint density at radius 3 is 2.30 bits per heavy atom. The van der Waals surface area contributed by atoms with Gasteiger partial charge in [-0.1, -0.05) is 0 Å². The van der Waals surface area contributed by atoms with Crippen LogP contribution in [0.4, 0.5) is 4.79 Å². The summed E-state index contributed by atoms with van der Waals surface area (Å²) < 4.78 is 0. The average molecular weight is 278 g/mol. The Bertz CT molecular complexity index is 432. The van der Waals surface area contributed by atoms with Gasteiger partial charge in [0.15, 0.2) is 0 Å².